The van der Waals surface area contributed by atoms with Crippen LogP contribution in [-0.2, 0) is 19.9 Å². The minimum Gasteiger partial charge on any atom is -0.454 e. The summed E-state index contributed by atoms with van der Waals surface area (Å²) < 4.78 is 34.4. The van der Waals surface area contributed by atoms with E-state index in [9.17, 15) is 23.5 Å². The Balaban J connectivity index is 1.30. The first-order valence-electron chi connectivity index (χ1n) is 11.8. The van der Waals surface area contributed by atoms with Crippen LogP contribution >= 0.6 is 11.3 Å². The Morgan fingerprint density at radius 3 is 2.63 bits per heavy atom. The van der Waals surface area contributed by atoms with Gasteiger partial charge in [0.25, 0.3) is 5.91 Å². The van der Waals surface area contributed by atoms with Crippen molar-refractivity contribution in [1.29, 1.82) is 0 Å². The van der Waals surface area contributed by atoms with Gasteiger partial charge in [-0.05, 0) is 17.9 Å². The van der Waals surface area contributed by atoms with E-state index in [2.05, 4.69) is 20.3 Å². The summed E-state index contributed by atoms with van der Waals surface area (Å²) in [6.07, 6.45) is 2.78. The number of anilines is 1. The number of piperidine rings is 3. The molecule has 3 atom stereocenters. The summed E-state index contributed by atoms with van der Waals surface area (Å²) in [7, 11) is 0. The van der Waals surface area contributed by atoms with Crippen LogP contribution in [0.4, 0.5) is 14.7 Å². The second-order valence-electron chi connectivity index (χ2n) is 9.96. The van der Waals surface area contributed by atoms with E-state index in [1.54, 1.807) is 17.5 Å². The average molecular weight is 509 g/mol. The Bertz CT molecular complexity index is 1070. The summed E-state index contributed by atoms with van der Waals surface area (Å²) in [5.41, 5.74) is -2.11. The number of hydrogen-bond acceptors (Lipinski definition) is 8. The monoisotopic (exact) mass is 508 g/mol. The SMILES string of the molecule is O=C(C[N+]12CCC(CC1)C(OC(=O)[C@@](O)(c1cccs1)C1CCC(F)(F)C1)C2)Nc1ncncn1. The molecule has 188 valence electrons. The first kappa shape index (κ1) is 24.1. The predicted octanol–water partition coefficient (Wildman–Crippen LogP) is 2.35. The first-order chi connectivity index (χ1) is 16.7. The molecule has 0 spiro atoms. The Morgan fingerprint density at radius 1 is 1.26 bits per heavy atom. The molecule has 1 aliphatic carbocycles. The van der Waals surface area contributed by atoms with Crippen LogP contribution in [0.25, 0.3) is 0 Å². The summed E-state index contributed by atoms with van der Waals surface area (Å²) in [6.45, 7) is 2.15. The van der Waals surface area contributed by atoms with Crippen molar-refractivity contribution in [3.63, 3.8) is 0 Å². The zero-order valence-corrected chi connectivity index (χ0v) is 19.9. The topological polar surface area (TPSA) is 114 Å². The largest absolute Gasteiger partial charge is 0.454 e. The minimum absolute atomic E-state index is 0.0435. The number of amides is 1. The maximum absolute atomic E-state index is 14.0. The van der Waals surface area contributed by atoms with Gasteiger partial charge in [-0.3, -0.25) is 10.1 Å². The number of quaternary nitrogens is 1. The van der Waals surface area contributed by atoms with Crippen molar-refractivity contribution < 1.29 is 32.7 Å². The molecule has 2 aromatic rings. The fourth-order valence-electron chi connectivity index (χ4n) is 5.85. The van der Waals surface area contributed by atoms with E-state index in [0.717, 1.165) is 37.3 Å². The van der Waals surface area contributed by atoms with Gasteiger partial charge in [0.1, 0.15) is 19.2 Å². The van der Waals surface area contributed by atoms with E-state index in [-0.39, 0.29) is 37.2 Å². The van der Waals surface area contributed by atoms with Gasteiger partial charge in [0.05, 0.1) is 13.1 Å². The number of halogens is 2. The molecule has 0 aromatic carbocycles. The summed E-state index contributed by atoms with van der Waals surface area (Å²) in [6, 6.07) is 3.28. The van der Waals surface area contributed by atoms with E-state index in [4.69, 9.17) is 4.74 Å². The van der Waals surface area contributed by atoms with Crippen LogP contribution in [0, 0.1) is 11.8 Å². The second kappa shape index (κ2) is 9.14. The number of aliphatic hydroxyl groups is 1. The maximum atomic E-state index is 14.0. The van der Waals surface area contributed by atoms with E-state index in [1.165, 1.54) is 12.7 Å². The Hall–Kier alpha value is -2.57. The van der Waals surface area contributed by atoms with Gasteiger partial charge in [-0.15, -0.1) is 11.3 Å². The van der Waals surface area contributed by atoms with Crippen LogP contribution in [-0.4, -0.2) is 74.6 Å². The second-order valence-corrected chi connectivity index (χ2v) is 10.9. The molecule has 35 heavy (non-hydrogen) atoms. The Morgan fingerprint density at radius 2 is 2.00 bits per heavy atom. The van der Waals surface area contributed by atoms with Crippen molar-refractivity contribution in [3.8, 4) is 0 Å². The van der Waals surface area contributed by atoms with Crippen molar-refractivity contribution in [1.82, 2.24) is 15.0 Å². The molecule has 3 aliphatic heterocycles. The predicted molar refractivity (Wildman–Crippen MR) is 121 cm³/mol. The molecule has 4 fully saturated rings. The van der Waals surface area contributed by atoms with Crippen molar-refractivity contribution in [3.05, 3.63) is 35.0 Å². The zero-order chi connectivity index (χ0) is 24.7. The van der Waals surface area contributed by atoms with Crippen molar-refractivity contribution in [2.45, 2.75) is 49.7 Å². The third-order valence-electron chi connectivity index (χ3n) is 7.73. The summed E-state index contributed by atoms with van der Waals surface area (Å²) in [5.74, 6) is -4.65. The highest BCUT2D eigenvalue weighted by Crippen LogP contribution is 2.49. The van der Waals surface area contributed by atoms with Crippen LogP contribution in [0.3, 0.4) is 0 Å². The van der Waals surface area contributed by atoms with Gasteiger partial charge >= 0.3 is 5.97 Å². The van der Waals surface area contributed by atoms with Crippen LogP contribution in [0.2, 0.25) is 0 Å². The molecular weight excluding hydrogens is 480 g/mol. The number of nitrogens with zero attached hydrogens (tertiary/aromatic N) is 4. The van der Waals surface area contributed by atoms with Gasteiger partial charge in [0.15, 0.2) is 18.2 Å². The smallest absolute Gasteiger partial charge is 0.344 e. The Kier molecular flexibility index (Phi) is 6.30. The lowest BCUT2D eigenvalue weighted by molar-refractivity contribution is -0.939. The Labute approximate surface area is 205 Å². The lowest BCUT2D eigenvalue weighted by Gasteiger charge is -2.51. The molecular formula is C23H28F2N5O4S+. The molecule has 2 unspecified atom stereocenters. The zero-order valence-electron chi connectivity index (χ0n) is 19.1. The molecule has 5 heterocycles. The number of carbonyl (C=O) groups is 2. The maximum Gasteiger partial charge on any atom is 0.344 e. The van der Waals surface area contributed by atoms with Crippen LogP contribution in [0.15, 0.2) is 30.2 Å². The lowest BCUT2D eigenvalue weighted by Crippen LogP contribution is -2.66. The minimum atomic E-state index is -2.91. The highest BCUT2D eigenvalue weighted by molar-refractivity contribution is 7.10. The highest BCUT2D eigenvalue weighted by Gasteiger charge is 2.57. The normalized spacial score (nSPS) is 31.0. The number of fused-ring (bicyclic) bond motifs is 3. The van der Waals surface area contributed by atoms with E-state index in [1.807, 2.05) is 0 Å². The van der Waals surface area contributed by atoms with Crippen LogP contribution in [0.5, 0.6) is 0 Å². The van der Waals surface area contributed by atoms with Crippen LogP contribution < -0.4 is 5.32 Å². The molecule has 2 bridgehead atoms. The van der Waals surface area contributed by atoms with Crippen molar-refractivity contribution in [2.24, 2.45) is 11.8 Å². The van der Waals surface area contributed by atoms with E-state index in [0.29, 0.717) is 15.9 Å². The fraction of sp³-hybridized carbons (Fsp3) is 0.609. The molecule has 4 aliphatic rings. The summed E-state index contributed by atoms with van der Waals surface area (Å²) in [5, 5.41) is 15.9. The van der Waals surface area contributed by atoms with Gasteiger partial charge in [0.2, 0.25) is 11.9 Å². The van der Waals surface area contributed by atoms with Crippen LogP contribution in [0.1, 0.15) is 37.0 Å². The van der Waals surface area contributed by atoms with Crippen molar-refractivity contribution >= 4 is 29.2 Å². The first-order valence-corrected chi connectivity index (χ1v) is 12.7. The lowest BCUT2D eigenvalue weighted by atomic mass is 9.82. The number of nitrogens with one attached hydrogen (secondary N) is 1. The molecule has 6 rings (SSSR count). The summed E-state index contributed by atoms with van der Waals surface area (Å²) in [4.78, 5) is 38.0. The van der Waals surface area contributed by atoms with E-state index >= 15 is 0 Å². The number of esters is 1. The molecule has 2 aromatic heterocycles. The fourth-order valence-corrected chi connectivity index (χ4v) is 6.74. The number of rotatable bonds is 7. The third kappa shape index (κ3) is 4.78. The molecule has 0 radical (unpaired) electrons. The molecule has 12 heteroatoms. The van der Waals surface area contributed by atoms with Gasteiger partial charge in [0, 0.05) is 42.4 Å². The van der Waals surface area contributed by atoms with Gasteiger partial charge in [-0.1, -0.05) is 6.07 Å². The standard InChI is InChI=1S/C23H27F2N5O4S/c24-22(25)6-3-16(10-22)23(33,18-2-1-9-35-18)20(32)34-17-11-30(7-4-15(17)5-8-30)12-19(31)29-21-27-13-26-14-28-21/h1-2,9,13-17,33H,3-8,10-12H2/p+1/t15?,16?,17?,23-,30?/m0/s1. The molecule has 9 nitrogen and oxygen atoms in total. The number of thiophene rings is 1. The molecule has 1 amide bonds. The van der Waals surface area contributed by atoms with Gasteiger partial charge in [-0.2, -0.15) is 0 Å². The van der Waals surface area contributed by atoms with Crippen molar-refractivity contribution in [2.75, 3.05) is 31.5 Å². The third-order valence-corrected chi connectivity index (χ3v) is 8.72. The van der Waals surface area contributed by atoms with E-state index < -0.39 is 35.9 Å². The quantitative estimate of drug-likeness (QED) is 0.436. The highest BCUT2D eigenvalue weighted by atomic mass is 32.1. The van der Waals surface area contributed by atoms with Gasteiger partial charge in [-0.25, -0.2) is 28.5 Å². The summed E-state index contributed by atoms with van der Waals surface area (Å²) >= 11 is 1.16. The van der Waals surface area contributed by atoms with Gasteiger partial charge < -0.3 is 14.3 Å². The molecule has 3 saturated heterocycles. The molecule has 2 N–H and O–H groups in total. The average Bonchev–Trinajstić information content (AvgIpc) is 3.50. The number of carbonyl (C=O) groups excluding carboxylic acids is 2. The number of ether oxygens (including phenoxy) is 1. The number of hydrogen-bond donors (Lipinski definition) is 2. The molecule has 1 saturated carbocycles. The number of alkyl halides is 2. The number of aromatic nitrogens is 3.